The summed E-state index contributed by atoms with van der Waals surface area (Å²) in [6, 6.07) is 0. The number of amides is 1. The topological polar surface area (TPSA) is 36.0 Å². The molecule has 0 atom stereocenters. The number of carbonyl (C=O) groups is 1. The van der Waals surface area contributed by atoms with Crippen LogP contribution in [0.25, 0.3) is 0 Å². The van der Waals surface area contributed by atoms with Crippen molar-refractivity contribution in [2.45, 2.75) is 19.0 Å². The summed E-state index contributed by atoms with van der Waals surface area (Å²) in [6.07, 6.45) is -4.71. The van der Waals surface area contributed by atoms with Gasteiger partial charge in [-0.25, -0.2) is 4.79 Å². The minimum absolute atomic E-state index is 0.0307. The van der Waals surface area contributed by atoms with Crippen molar-refractivity contribution in [2.75, 3.05) is 59.5 Å². The number of rotatable bonds is 3. The predicted octanol–water partition coefficient (Wildman–Crippen LogP) is 1.64. The van der Waals surface area contributed by atoms with Crippen LogP contribution in [0.3, 0.4) is 0 Å². The van der Waals surface area contributed by atoms with Gasteiger partial charge in [0.2, 0.25) is 0 Å². The first-order valence-corrected chi connectivity index (χ1v) is 7.75. The zero-order valence-electron chi connectivity index (χ0n) is 12.9. The van der Waals surface area contributed by atoms with Gasteiger partial charge >= 0.3 is 12.3 Å². The number of alkyl halides is 3. The molecule has 0 radical (unpaired) electrons. The summed E-state index contributed by atoms with van der Waals surface area (Å²) in [5.74, 6) is -1.29. The van der Waals surface area contributed by atoms with Crippen LogP contribution in [-0.2, 0) is 4.74 Å². The zero-order chi connectivity index (χ0) is 16.2. The lowest BCUT2D eigenvalue weighted by Gasteiger charge is -2.33. The molecule has 0 spiro atoms. The summed E-state index contributed by atoms with van der Waals surface area (Å²) >= 11 is 0. The highest BCUT2D eigenvalue weighted by molar-refractivity contribution is 5.67. The van der Waals surface area contributed by atoms with E-state index in [2.05, 4.69) is 16.8 Å². The van der Waals surface area contributed by atoms with Crippen molar-refractivity contribution in [3.8, 4) is 0 Å². The van der Waals surface area contributed by atoms with Gasteiger partial charge in [0.25, 0.3) is 0 Å². The predicted molar refractivity (Wildman–Crippen MR) is 75.6 cm³/mol. The lowest BCUT2D eigenvalue weighted by Crippen LogP contribution is -2.46. The molecule has 2 saturated heterocycles. The quantitative estimate of drug-likeness (QED) is 0.791. The van der Waals surface area contributed by atoms with Crippen molar-refractivity contribution in [3.63, 3.8) is 0 Å². The molecule has 2 heterocycles. The van der Waals surface area contributed by atoms with E-state index in [0.29, 0.717) is 13.2 Å². The molecule has 0 bridgehead atoms. The summed E-state index contributed by atoms with van der Waals surface area (Å²) in [4.78, 5) is 17.7. The first-order chi connectivity index (χ1) is 10.4. The van der Waals surface area contributed by atoms with Crippen LogP contribution in [0.4, 0.5) is 18.0 Å². The molecule has 1 amide bonds. The van der Waals surface area contributed by atoms with E-state index in [9.17, 15) is 18.0 Å². The fourth-order valence-corrected chi connectivity index (χ4v) is 2.81. The normalized spacial score (nSPS) is 22.8. The third-order valence-electron chi connectivity index (χ3n) is 4.45. The molecule has 0 N–H and O–H groups in total. The number of ether oxygens (including phenoxy) is 1. The molecular formula is C14H24F3N3O2. The van der Waals surface area contributed by atoms with Gasteiger partial charge in [-0.15, -0.1) is 0 Å². The van der Waals surface area contributed by atoms with Gasteiger partial charge in [-0.2, -0.15) is 13.2 Å². The first kappa shape index (κ1) is 17.3. The monoisotopic (exact) mass is 323 g/mol. The first-order valence-electron chi connectivity index (χ1n) is 7.75. The van der Waals surface area contributed by atoms with Crippen molar-refractivity contribution < 1.29 is 22.7 Å². The third kappa shape index (κ3) is 5.01. The van der Waals surface area contributed by atoms with Crippen LogP contribution in [0.1, 0.15) is 12.8 Å². The molecule has 128 valence electrons. The molecule has 8 heteroatoms. The number of piperazine rings is 1. The number of piperidine rings is 1. The van der Waals surface area contributed by atoms with Gasteiger partial charge in [0, 0.05) is 45.8 Å². The fourth-order valence-electron chi connectivity index (χ4n) is 2.81. The zero-order valence-corrected chi connectivity index (χ0v) is 12.9. The number of nitrogens with zero attached hydrogens (tertiary/aromatic N) is 3. The standard InChI is InChI=1S/C14H24F3N3O2/c1-18-6-8-19(9-7-18)10-11-22-13(21)20-4-2-12(3-5-20)14(15,16)17/h12H,2-11H2,1H3. The number of carbonyl (C=O) groups excluding carboxylic acids is 1. The second-order valence-electron chi connectivity index (χ2n) is 6.06. The SMILES string of the molecule is CN1CCN(CCOC(=O)N2CCC(C(F)(F)F)CC2)CC1. The molecule has 0 aromatic carbocycles. The maximum absolute atomic E-state index is 12.6. The number of likely N-dealkylation sites (tertiary alicyclic amines) is 1. The summed E-state index contributed by atoms with van der Waals surface area (Å²) in [5.41, 5.74) is 0. The van der Waals surface area contributed by atoms with Crippen molar-refractivity contribution in [1.82, 2.24) is 14.7 Å². The Morgan fingerprint density at radius 2 is 1.68 bits per heavy atom. The van der Waals surface area contributed by atoms with E-state index in [1.807, 2.05) is 0 Å². The summed E-state index contributed by atoms with van der Waals surface area (Å²) in [7, 11) is 2.07. The van der Waals surface area contributed by atoms with Crippen molar-refractivity contribution in [2.24, 2.45) is 5.92 Å². The van der Waals surface area contributed by atoms with Gasteiger partial charge in [0.15, 0.2) is 0 Å². The van der Waals surface area contributed by atoms with Gasteiger partial charge in [-0.05, 0) is 19.9 Å². The van der Waals surface area contributed by atoms with E-state index in [1.165, 1.54) is 4.90 Å². The van der Waals surface area contributed by atoms with Gasteiger partial charge < -0.3 is 14.5 Å². The van der Waals surface area contributed by atoms with Crippen LogP contribution in [-0.4, -0.2) is 86.4 Å². The van der Waals surface area contributed by atoms with Crippen molar-refractivity contribution >= 4 is 6.09 Å². The van der Waals surface area contributed by atoms with Crippen LogP contribution < -0.4 is 0 Å². The van der Waals surface area contributed by atoms with Gasteiger partial charge in [-0.3, -0.25) is 4.90 Å². The van der Waals surface area contributed by atoms with E-state index in [0.717, 1.165) is 26.2 Å². The van der Waals surface area contributed by atoms with Crippen LogP contribution in [0.2, 0.25) is 0 Å². The molecule has 2 fully saturated rings. The molecule has 2 aliphatic rings. The second-order valence-corrected chi connectivity index (χ2v) is 6.06. The molecule has 0 saturated carbocycles. The molecule has 2 aliphatic heterocycles. The summed E-state index contributed by atoms with van der Waals surface area (Å²) in [6.45, 7) is 5.11. The molecule has 0 aromatic rings. The number of hydrogen-bond acceptors (Lipinski definition) is 4. The minimum Gasteiger partial charge on any atom is -0.448 e. The molecule has 0 unspecified atom stereocenters. The van der Waals surface area contributed by atoms with E-state index in [4.69, 9.17) is 4.74 Å². The van der Waals surface area contributed by atoms with Gasteiger partial charge in [0.1, 0.15) is 6.61 Å². The molecule has 2 rings (SSSR count). The number of hydrogen-bond donors (Lipinski definition) is 0. The fraction of sp³-hybridized carbons (Fsp3) is 0.929. The summed E-state index contributed by atoms with van der Waals surface area (Å²) < 4.78 is 42.9. The molecular weight excluding hydrogens is 299 g/mol. The van der Waals surface area contributed by atoms with Crippen LogP contribution in [0, 0.1) is 5.92 Å². The lowest BCUT2D eigenvalue weighted by atomic mass is 9.97. The van der Waals surface area contributed by atoms with E-state index in [1.54, 1.807) is 0 Å². The molecule has 0 aliphatic carbocycles. The number of likely N-dealkylation sites (N-methyl/N-ethyl adjacent to an activating group) is 1. The van der Waals surface area contributed by atoms with Crippen LogP contribution in [0.5, 0.6) is 0 Å². The van der Waals surface area contributed by atoms with Crippen LogP contribution in [0.15, 0.2) is 0 Å². The smallest absolute Gasteiger partial charge is 0.409 e. The Morgan fingerprint density at radius 1 is 1.09 bits per heavy atom. The molecule has 22 heavy (non-hydrogen) atoms. The largest absolute Gasteiger partial charge is 0.448 e. The van der Waals surface area contributed by atoms with Gasteiger partial charge in [0.05, 0.1) is 5.92 Å². The van der Waals surface area contributed by atoms with Gasteiger partial charge in [-0.1, -0.05) is 0 Å². The van der Waals surface area contributed by atoms with Crippen LogP contribution >= 0.6 is 0 Å². The highest BCUT2D eigenvalue weighted by atomic mass is 19.4. The Balaban J connectivity index is 1.62. The average Bonchev–Trinajstić information content (AvgIpc) is 2.48. The lowest BCUT2D eigenvalue weighted by molar-refractivity contribution is -0.184. The Bertz CT molecular complexity index is 363. The summed E-state index contributed by atoms with van der Waals surface area (Å²) in [5, 5.41) is 0. The van der Waals surface area contributed by atoms with E-state index in [-0.39, 0.29) is 25.9 Å². The van der Waals surface area contributed by atoms with E-state index < -0.39 is 18.2 Å². The highest BCUT2D eigenvalue weighted by Gasteiger charge is 2.41. The highest BCUT2D eigenvalue weighted by Crippen LogP contribution is 2.34. The second kappa shape index (κ2) is 7.50. The van der Waals surface area contributed by atoms with E-state index >= 15 is 0 Å². The maximum atomic E-state index is 12.6. The Morgan fingerprint density at radius 3 is 2.23 bits per heavy atom. The third-order valence-corrected chi connectivity index (χ3v) is 4.45. The Kier molecular flexibility index (Phi) is 5.91. The van der Waals surface area contributed by atoms with Crippen molar-refractivity contribution in [3.05, 3.63) is 0 Å². The Labute approximate surface area is 129 Å². The van der Waals surface area contributed by atoms with Crippen molar-refractivity contribution in [1.29, 1.82) is 0 Å². The maximum Gasteiger partial charge on any atom is 0.409 e. The Hall–Kier alpha value is -1.02. The number of halogens is 3. The minimum atomic E-state index is -4.16. The molecule has 0 aromatic heterocycles. The molecule has 5 nitrogen and oxygen atoms in total. The average molecular weight is 323 g/mol.